The van der Waals surface area contributed by atoms with Gasteiger partial charge < -0.3 is 10.1 Å². The zero-order valence-corrected chi connectivity index (χ0v) is 12.9. The van der Waals surface area contributed by atoms with Crippen molar-refractivity contribution in [3.8, 4) is 5.75 Å². The minimum atomic E-state index is -4.41. The first-order chi connectivity index (χ1) is 11.3. The number of ether oxygens (including phenoxy) is 1. The van der Waals surface area contributed by atoms with Crippen molar-refractivity contribution in [2.45, 2.75) is 12.7 Å². The van der Waals surface area contributed by atoms with Crippen LogP contribution in [0.2, 0.25) is 5.02 Å². The largest absolute Gasteiger partial charge is 0.484 e. The monoisotopic (exact) mass is 361 g/mol. The molecule has 24 heavy (non-hydrogen) atoms. The number of nitrogens with one attached hydrogen (secondary N) is 1. The van der Waals surface area contributed by atoms with Crippen LogP contribution in [0.5, 0.6) is 5.75 Å². The number of rotatable bonds is 5. The average molecular weight is 362 g/mol. The first-order valence-electron chi connectivity index (χ1n) is 6.77. The van der Waals surface area contributed by atoms with E-state index in [1.54, 1.807) is 0 Å². The molecule has 0 saturated heterocycles. The van der Waals surface area contributed by atoms with Gasteiger partial charge in [-0.2, -0.15) is 13.2 Å². The first kappa shape index (κ1) is 18.1. The summed E-state index contributed by atoms with van der Waals surface area (Å²) in [5.74, 6) is -1.37. The van der Waals surface area contributed by atoms with Gasteiger partial charge in [-0.25, -0.2) is 4.39 Å². The molecule has 3 nitrogen and oxygen atoms in total. The van der Waals surface area contributed by atoms with E-state index in [1.165, 1.54) is 36.4 Å². The third-order valence-corrected chi connectivity index (χ3v) is 3.28. The lowest BCUT2D eigenvalue weighted by molar-refractivity contribution is -0.153. The van der Waals surface area contributed by atoms with E-state index in [-0.39, 0.29) is 22.9 Å². The molecule has 0 fully saturated rings. The molecule has 0 bridgehead atoms. The van der Waals surface area contributed by atoms with Crippen molar-refractivity contribution in [2.75, 3.05) is 6.61 Å². The third kappa shape index (κ3) is 5.13. The fourth-order valence-electron chi connectivity index (χ4n) is 1.85. The summed E-state index contributed by atoms with van der Waals surface area (Å²) in [6.45, 7) is -1.32. The van der Waals surface area contributed by atoms with Crippen LogP contribution in [0.4, 0.5) is 17.6 Å². The van der Waals surface area contributed by atoms with E-state index < -0.39 is 24.5 Å². The van der Waals surface area contributed by atoms with Gasteiger partial charge in [-0.05, 0) is 29.8 Å². The Morgan fingerprint density at radius 2 is 1.79 bits per heavy atom. The molecule has 0 atom stereocenters. The summed E-state index contributed by atoms with van der Waals surface area (Å²) < 4.78 is 54.3. The lowest BCUT2D eigenvalue weighted by Crippen LogP contribution is -2.24. The highest BCUT2D eigenvalue weighted by atomic mass is 35.5. The molecule has 0 aliphatic carbocycles. The highest BCUT2D eigenvalue weighted by Crippen LogP contribution is 2.20. The lowest BCUT2D eigenvalue weighted by atomic mass is 10.1. The summed E-state index contributed by atoms with van der Waals surface area (Å²) >= 11 is 5.79. The first-order valence-corrected chi connectivity index (χ1v) is 7.15. The van der Waals surface area contributed by atoms with Crippen LogP contribution < -0.4 is 10.1 Å². The summed E-state index contributed by atoms with van der Waals surface area (Å²) in [5.41, 5.74) is 0.347. The molecule has 8 heteroatoms. The van der Waals surface area contributed by atoms with Crippen molar-refractivity contribution in [2.24, 2.45) is 0 Å². The SMILES string of the molecule is O=C(NCc1ccc(OCC(F)(F)F)cc1)c1c(F)cccc1Cl. The number of benzene rings is 2. The van der Waals surface area contributed by atoms with Gasteiger partial charge in [-0.3, -0.25) is 4.79 Å². The van der Waals surface area contributed by atoms with Gasteiger partial charge in [0.15, 0.2) is 6.61 Å². The number of carbonyl (C=O) groups excluding carboxylic acids is 1. The van der Waals surface area contributed by atoms with Gasteiger partial charge in [0.05, 0.1) is 10.6 Å². The van der Waals surface area contributed by atoms with Crippen LogP contribution in [0.15, 0.2) is 42.5 Å². The van der Waals surface area contributed by atoms with E-state index in [1.807, 2.05) is 0 Å². The highest BCUT2D eigenvalue weighted by Gasteiger charge is 2.28. The maximum absolute atomic E-state index is 13.6. The molecule has 0 saturated carbocycles. The Hall–Kier alpha value is -2.28. The summed E-state index contributed by atoms with van der Waals surface area (Å²) in [7, 11) is 0. The lowest BCUT2D eigenvalue weighted by Gasteiger charge is -2.10. The number of alkyl halides is 3. The van der Waals surface area contributed by atoms with Crippen molar-refractivity contribution in [3.63, 3.8) is 0 Å². The second-order valence-corrected chi connectivity index (χ2v) is 5.23. The third-order valence-electron chi connectivity index (χ3n) is 2.97. The van der Waals surface area contributed by atoms with Gasteiger partial charge in [0.2, 0.25) is 0 Å². The number of halogens is 5. The molecular weight excluding hydrogens is 350 g/mol. The van der Waals surface area contributed by atoms with Gasteiger partial charge in [0.1, 0.15) is 11.6 Å². The molecule has 0 unspecified atom stereocenters. The maximum atomic E-state index is 13.6. The van der Waals surface area contributed by atoms with Crippen LogP contribution in [0.3, 0.4) is 0 Å². The number of amides is 1. The fraction of sp³-hybridized carbons (Fsp3) is 0.188. The van der Waals surface area contributed by atoms with Crippen LogP contribution in [0.1, 0.15) is 15.9 Å². The van der Waals surface area contributed by atoms with Crippen LogP contribution in [-0.2, 0) is 6.54 Å². The summed E-state index contributed by atoms with van der Waals surface area (Å²) in [5, 5.41) is 2.48. The van der Waals surface area contributed by atoms with Gasteiger partial charge >= 0.3 is 6.18 Å². The number of hydrogen-bond donors (Lipinski definition) is 1. The summed E-state index contributed by atoms with van der Waals surface area (Å²) in [6.07, 6.45) is -4.41. The molecule has 2 rings (SSSR count). The van der Waals surface area contributed by atoms with E-state index in [0.29, 0.717) is 5.56 Å². The fourth-order valence-corrected chi connectivity index (χ4v) is 2.10. The predicted molar refractivity (Wildman–Crippen MR) is 80.6 cm³/mol. The molecule has 0 aromatic heterocycles. The summed E-state index contributed by atoms with van der Waals surface area (Å²) in [6, 6.07) is 9.59. The smallest absolute Gasteiger partial charge is 0.422 e. The van der Waals surface area contributed by atoms with Gasteiger partial charge in [0.25, 0.3) is 5.91 Å². The molecule has 0 heterocycles. The quantitative estimate of drug-likeness (QED) is 0.804. The molecular formula is C16H12ClF4NO2. The van der Waals surface area contributed by atoms with Crippen molar-refractivity contribution >= 4 is 17.5 Å². The van der Waals surface area contributed by atoms with E-state index >= 15 is 0 Å². The Labute approximate surface area is 140 Å². The number of carbonyl (C=O) groups is 1. The zero-order valence-electron chi connectivity index (χ0n) is 12.2. The molecule has 0 radical (unpaired) electrons. The van der Waals surface area contributed by atoms with Crippen molar-refractivity contribution in [1.29, 1.82) is 0 Å². The Morgan fingerprint density at radius 1 is 1.12 bits per heavy atom. The number of hydrogen-bond acceptors (Lipinski definition) is 2. The van der Waals surface area contributed by atoms with Gasteiger partial charge in [0, 0.05) is 6.54 Å². The Morgan fingerprint density at radius 3 is 2.38 bits per heavy atom. The topological polar surface area (TPSA) is 38.3 Å². The van der Waals surface area contributed by atoms with Crippen molar-refractivity contribution < 1.29 is 27.1 Å². The molecule has 2 aromatic rings. The van der Waals surface area contributed by atoms with Crippen LogP contribution in [0.25, 0.3) is 0 Å². The van der Waals surface area contributed by atoms with Gasteiger partial charge in [-0.1, -0.05) is 29.8 Å². The Balaban J connectivity index is 1.94. The summed E-state index contributed by atoms with van der Waals surface area (Å²) in [4.78, 5) is 12.0. The van der Waals surface area contributed by atoms with Gasteiger partial charge in [-0.15, -0.1) is 0 Å². The minimum Gasteiger partial charge on any atom is -0.484 e. The Bertz CT molecular complexity index is 697. The normalized spacial score (nSPS) is 11.2. The molecule has 0 spiro atoms. The average Bonchev–Trinajstić information content (AvgIpc) is 2.51. The van der Waals surface area contributed by atoms with Crippen LogP contribution in [-0.4, -0.2) is 18.7 Å². The molecule has 2 aromatic carbocycles. The van der Waals surface area contributed by atoms with E-state index in [9.17, 15) is 22.4 Å². The van der Waals surface area contributed by atoms with Crippen molar-refractivity contribution in [1.82, 2.24) is 5.32 Å². The predicted octanol–water partition coefficient (Wildman–Crippen LogP) is 4.35. The van der Waals surface area contributed by atoms with E-state index in [2.05, 4.69) is 10.1 Å². The maximum Gasteiger partial charge on any atom is 0.422 e. The molecule has 0 aliphatic rings. The van der Waals surface area contributed by atoms with E-state index in [0.717, 1.165) is 6.07 Å². The van der Waals surface area contributed by atoms with E-state index in [4.69, 9.17) is 11.6 Å². The molecule has 1 N–H and O–H groups in total. The minimum absolute atomic E-state index is 0.0107. The molecule has 0 aliphatic heterocycles. The second kappa shape index (κ2) is 7.53. The van der Waals surface area contributed by atoms with Crippen LogP contribution >= 0.6 is 11.6 Å². The second-order valence-electron chi connectivity index (χ2n) is 4.83. The molecule has 1 amide bonds. The van der Waals surface area contributed by atoms with Crippen molar-refractivity contribution in [3.05, 3.63) is 64.4 Å². The standard InChI is InChI=1S/C16H12ClF4NO2/c17-12-2-1-3-13(18)14(12)15(23)22-8-10-4-6-11(7-5-10)24-9-16(19,20)21/h1-7H,8-9H2,(H,22,23). The van der Waals surface area contributed by atoms with Crippen LogP contribution in [0, 0.1) is 5.82 Å². The highest BCUT2D eigenvalue weighted by molar-refractivity contribution is 6.33. The Kier molecular flexibility index (Phi) is 5.66. The zero-order chi connectivity index (χ0) is 17.7. The molecule has 128 valence electrons.